The molecule has 0 aliphatic carbocycles. The van der Waals surface area contributed by atoms with Crippen molar-refractivity contribution in [1.29, 1.82) is 0 Å². The van der Waals surface area contributed by atoms with Gasteiger partial charge in [0.25, 0.3) is 0 Å². The van der Waals surface area contributed by atoms with E-state index in [1.54, 1.807) is 0 Å². The van der Waals surface area contributed by atoms with Gasteiger partial charge in [-0.1, -0.05) is 0 Å². The average molecular weight is 222 g/mol. The van der Waals surface area contributed by atoms with Crippen LogP contribution in [-0.2, 0) is 0 Å². The Labute approximate surface area is 79.9 Å². The third-order valence-electron chi connectivity index (χ3n) is 1.55. The first-order chi connectivity index (χ1) is 5.11. The Hall–Kier alpha value is 0.390. The number of hydrogen-bond acceptors (Lipinski definition) is 2. The molecule has 0 aromatic heterocycles. The molecule has 0 bridgehead atoms. The zero-order chi connectivity index (χ0) is 8.32. The molecule has 0 aromatic carbocycles. The fourth-order valence-electron chi connectivity index (χ4n) is 0.973. The minimum absolute atomic E-state index is 0. The Kier molecular flexibility index (Phi) is 5.36. The molecule has 0 amide bonds. The summed E-state index contributed by atoms with van der Waals surface area (Å²) in [5, 5.41) is 1.77. The molecule has 1 aliphatic heterocycles. The van der Waals surface area contributed by atoms with E-state index in [0.29, 0.717) is 18.8 Å². The molecule has 1 atom stereocenters. The van der Waals surface area contributed by atoms with E-state index < -0.39 is 11.4 Å². The molecule has 0 saturated carbocycles. The summed E-state index contributed by atoms with van der Waals surface area (Å²) in [7, 11) is 0. The molecule has 1 nitrogen and oxygen atoms in total. The first-order valence-electron chi connectivity index (χ1n) is 3.50. The largest absolute Gasteiger partial charge is 0.400 e. The lowest BCUT2D eigenvalue weighted by molar-refractivity contribution is -0.129. The molecule has 6 heteroatoms. The highest BCUT2D eigenvalue weighted by Crippen LogP contribution is 2.32. The highest BCUT2D eigenvalue weighted by Gasteiger charge is 2.39. The van der Waals surface area contributed by atoms with Gasteiger partial charge < -0.3 is 5.32 Å². The van der Waals surface area contributed by atoms with E-state index in [1.807, 2.05) is 0 Å². The van der Waals surface area contributed by atoms with Gasteiger partial charge in [0.2, 0.25) is 0 Å². The van der Waals surface area contributed by atoms with Gasteiger partial charge in [-0.2, -0.15) is 13.2 Å². The zero-order valence-electron chi connectivity index (χ0n) is 6.36. The van der Waals surface area contributed by atoms with Gasteiger partial charge >= 0.3 is 6.18 Å². The van der Waals surface area contributed by atoms with Gasteiger partial charge in [0.1, 0.15) is 5.25 Å². The van der Waals surface area contributed by atoms with Crippen molar-refractivity contribution in [1.82, 2.24) is 5.32 Å². The average Bonchev–Trinajstić information content (AvgIpc) is 2.10. The maximum Gasteiger partial charge on any atom is 0.400 e. The van der Waals surface area contributed by atoms with Crippen LogP contribution in [-0.4, -0.2) is 30.3 Å². The SMILES string of the molecule is Cl.FC(F)(F)C1CCNCCS1. The van der Waals surface area contributed by atoms with Crippen molar-refractivity contribution in [2.24, 2.45) is 0 Å². The Morgan fingerprint density at radius 1 is 1.25 bits per heavy atom. The summed E-state index contributed by atoms with van der Waals surface area (Å²) in [6, 6.07) is 0. The van der Waals surface area contributed by atoms with Gasteiger partial charge in [0, 0.05) is 12.3 Å². The molecule has 1 fully saturated rings. The maximum atomic E-state index is 12.1. The van der Waals surface area contributed by atoms with Gasteiger partial charge in [-0.3, -0.25) is 0 Å². The molecule has 1 N–H and O–H groups in total. The Balaban J connectivity index is 0.00000121. The van der Waals surface area contributed by atoms with Gasteiger partial charge in [-0.15, -0.1) is 24.2 Å². The number of alkyl halides is 3. The molecule has 12 heavy (non-hydrogen) atoms. The molecule has 0 aromatic rings. The van der Waals surface area contributed by atoms with E-state index in [0.717, 1.165) is 11.8 Å². The molecule has 1 heterocycles. The molecule has 1 saturated heterocycles. The molecular formula is C6H11ClF3NS. The molecule has 1 rings (SSSR count). The molecule has 0 radical (unpaired) electrons. The van der Waals surface area contributed by atoms with Crippen LogP contribution in [0.25, 0.3) is 0 Å². The number of halogens is 4. The van der Waals surface area contributed by atoms with E-state index in [9.17, 15) is 13.2 Å². The van der Waals surface area contributed by atoms with Gasteiger partial charge in [-0.25, -0.2) is 0 Å². The van der Waals surface area contributed by atoms with Crippen LogP contribution in [0.4, 0.5) is 13.2 Å². The second kappa shape index (κ2) is 5.19. The summed E-state index contributed by atoms with van der Waals surface area (Å²) in [5.74, 6) is 0.560. The monoisotopic (exact) mass is 221 g/mol. The van der Waals surface area contributed by atoms with Crippen LogP contribution in [0, 0.1) is 0 Å². The quantitative estimate of drug-likeness (QED) is 0.672. The van der Waals surface area contributed by atoms with Crippen molar-refractivity contribution in [2.75, 3.05) is 18.8 Å². The van der Waals surface area contributed by atoms with Crippen LogP contribution < -0.4 is 5.32 Å². The van der Waals surface area contributed by atoms with Crippen LogP contribution in [0.3, 0.4) is 0 Å². The lowest BCUT2D eigenvalue weighted by Gasteiger charge is -2.16. The third kappa shape index (κ3) is 3.87. The van der Waals surface area contributed by atoms with E-state index in [2.05, 4.69) is 5.32 Å². The van der Waals surface area contributed by atoms with E-state index in [-0.39, 0.29) is 18.8 Å². The number of rotatable bonds is 0. The maximum absolute atomic E-state index is 12.1. The third-order valence-corrected chi connectivity index (χ3v) is 2.89. The van der Waals surface area contributed by atoms with Crippen molar-refractivity contribution < 1.29 is 13.2 Å². The molecule has 74 valence electrons. The summed E-state index contributed by atoms with van der Waals surface area (Å²) in [6.07, 6.45) is -3.81. The number of nitrogens with one attached hydrogen (secondary N) is 1. The Bertz CT molecular complexity index is 122. The van der Waals surface area contributed by atoms with Crippen molar-refractivity contribution in [3.63, 3.8) is 0 Å². The van der Waals surface area contributed by atoms with Crippen LogP contribution in [0.1, 0.15) is 6.42 Å². The summed E-state index contributed by atoms with van der Waals surface area (Å²) in [5.41, 5.74) is 0. The van der Waals surface area contributed by atoms with Crippen LogP contribution in [0.15, 0.2) is 0 Å². The van der Waals surface area contributed by atoms with E-state index >= 15 is 0 Å². The highest BCUT2D eigenvalue weighted by molar-refractivity contribution is 8.00. The molecular weight excluding hydrogens is 211 g/mol. The van der Waals surface area contributed by atoms with Crippen molar-refractivity contribution >= 4 is 24.2 Å². The predicted molar refractivity (Wildman–Crippen MR) is 47.0 cm³/mol. The highest BCUT2D eigenvalue weighted by atomic mass is 35.5. The first kappa shape index (κ1) is 12.4. The van der Waals surface area contributed by atoms with Crippen LogP contribution in [0.2, 0.25) is 0 Å². The first-order valence-corrected chi connectivity index (χ1v) is 4.54. The van der Waals surface area contributed by atoms with Gasteiger partial charge in [0.15, 0.2) is 0 Å². The molecule has 0 spiro atoms. The standard InChI is InChI=1S/C6H10F3NS.ClH/c7-6(8,9)5-1-2-10-3-4-11-5;/h5,10H,1-4H2;1H. The normalized spacial score (nSPS) is 25.8. The fraction of sp³-hybridized carbons (Fsp3) is 1.00. The zero-order valence-corrected chi connectivity index (χ0v) is 7.99. The Morgan fingerprint density at radius 2 is 1.92 bits per heavy atom. The van der Waals surface area contributed by atoms with E-state index in [1.165, 1.54) is 0 Å². The second-order valence-corrected chi connectivity index (χ2v) is 3.75. The van der Waals surface area contributed by atoms with Crippen molar-refractivity contribution in [3.8, 4) is 0 Å². The van der Waals surface area contributed by atoms with Gasteiger partial charge in [-0.05, 0) is 13.0 Å². The summed E-state index contributed by atoms with van der Waals surface area (Å²) in [4.78, 5) is 0. The predicted octanol–water partition coefficient (Wildman–Crippen LogP) is 2.07. The number of thioether (sulfide) groups is 1. The lowest BCUT2D eigenvalue weighted by atomic mass is 10.3. The Morgan fingerprint density at radius 3 is 2.50 bits per heavy atom. The number of hydrogen-bond donors (Lipinski definition) is 1. The van der Waals surface area contributed by atoms with E-state index in [4.69, 9.17) is 0 Å². The summed E-state index contributed by atoms with van der Waals surface area (Å²) in [6.45, 7) is 1.18. The molecule has 1 aliphatic rings. The molecule has 1 unspecified atom stereocenters. The minimum Gasteiger partial charge on any atom is -0.316 e. The summed E-state index contributed by atoms with van der Waals surface area (Å²) < 4.78 is 36.2. The minimum atomic E-state index is -4.02. The van der Waals surface area contributed by atoms with Gasteiger partial charge in [0.05, 0.1) is 0 Å². The van der Waals surface area contributed by atoms with Crippen molar-refractivity contribution in [2.45, 2.75) is 17.8 Å². The fourth-order valence-corrected chi connectivity index (χ4v) is 1.99. The topological polar surface area (TPSA) is 12.0 Å². The summed E-state index contributed by atoms with van der Waals surface area (Å²) >= 11 is 1.00. The van der Waals surface area contributed by atoms with Crippen LogP contribution >= 0.6 is 24.2 Å². The lowest BCUT2D eigenvalue weighted by Crippen LogP contribution is -2.27. The van der Waals surface area contributed by atoms with Crippen LogP contribution in [0.5, 0.6) is 0 Å². The smallest absolute Gasteiger partial charge is 0.316 e. The van der Waals surface area contributed by atoms with Crippen molar-refractivity contribution in [3.05, 3.63) is 0 Å². The second-order valence-electron chi connectivity index (χ2n) is 2.44.